The third kappa shape index (κ3) is 4.16. The van der Waals surface area contributed by atoms with Crippen molar-refractivity contribution in [1.29, 1.82) is 0 Å². The van der Waals surface area contributed by atoms with Gasteiger partial charge in [0.2, 0.25) is 5.91 Å². The third-order valence-corrected chi connectivity index (χ3v) is 5.24. The Hall–Kier alpha value is -0.220. The van der Waals surface area contributed by atoms with Crippen molar-refractivity contribution in [2.75, 3.05) is 31.1 Å². The number of amides is 1. The fourth-order valence-electron chi connectivity index (χ4n) is 2.76. The molecule has 2 aliphatic rings. The Balaban J connectivity index is 1.81. The Morgan fingerprint density at radius 1 is 1.39 bits per heavy atom. The normalized spacial score (nSPS) is 28.8. The predicted molar refractivity (Wildman–Crippen MR) is 77.9 cm³/mol. The van der Waals surface area contributed by atoms with Gasteiger partial charge in [-0.3, -0.25) is 4.79 Å². The third-order valence-electron chi connectivity index (χ3n) is 4.11. The van der Waals surface area contributed by atoms with Gasteiger partial charge in [-0.2, -0.15) is 11.8 Å². The molecule has 2 aliphatic heterocycles. The number of likely N-dealkylation sites (tertiary alicyclic amines) is 1. The highest BCUT2D eigenvalue weighted by atomic mass is 32.2. The van der Waals surface area contributed by atoms with Crippen LogP contribution in [0.4, 0.5) is 0 Å². The topological polar surface area (TPSA) is 32.3 Å². The van der Waals surface area contributed by atoms with Crippen LogP contribution in [0, 0.1) is 5.41 Å². The van der Waals surface area contributed by atoms with Crippen molar-refractivity contribution >= 4 is 17.7 Å². The molecule has 2 heterocycles. The molecule has 1 unspecified atom stereocenters. The molecule has 0 spiro atoms. The highest BCUT2D eigenvalue weighted by molar-refractivity contribution is 7.99. The standard InChI is InChI=1S/C14H26N2OS/c1-14(2)4-3-7-16(8-5-14)13(17)10-12-11-18-9-6-15-12/h12,15H,3-11H2,1-2H3. The lowest BCUT2D eigenvalue weighted by atomic mass is 9.85. The lowest BCUT2D eigenvalue weighted by Crippen LogP contribution is -2.43. The van der Waals surface area contributed by atoms with E-state index in [-0.39, 0.29) is 0 Å². The lowest BCUT2D eigenvalue weighted by molar-refractivity contribution is -0.131. The quantitative estimate of drug-likeness (QED) is 0.834. The van der Waals surface area contributed by atoms with Crippen molar-refractivity contribution in [2.24, 2.45) is 5.41 Å². The molecule has 1 amide bonds. The molecule has 0 bridgehead atoms. The molecule has 0 aromatic heterocycles. The first-order valence-electron chi connectivity index (χ1n) is 7.16. The Labute approximate surface area is 115 Å². The second-order valence-corrected chi connectivity index (χ2v) is 7.48. The van der Waals surface area contributed by atoms with Gasteiger partial charge >= 0.3 is 0 Å². The smallest absolute Gasteiger partial charge is 0.224 e. The minimum absolute atomic E-state index is 0.354. The fourth-order valence-corrected chi connectivity index (χ4v) is 3.71. The highest BCUT2D eigenvalue weighted by Gasteiger charge is 2.26. The van der Waals surface area contributed by atoms with E-state index < -0.39 is 0 Å². The van der Waals surface area contributed by atoms with Gasteiger partial charge in [0, 0.05) is 43.6 Å². The van der Waals surface area contributed by atoms with E-state index in [0.29, 0.717) is 23.8 Å². The monoisotopic (exact) mass is 270 g/mol. The summed E-state index contributed by atoms with van der Waals surface area (Å²) >= 11 is 1.96. The van der Waals surface area contributed by atoms with E-state index in [9.17, 15) is 4.79 Å². The minimum atomic E-state index is 0.354. The zero-order valence-electron chi connectivity index (χ0n) is 11.7. The molecule has 0 aromatic carbocycles. The SMILES string of the molecule is CC1(C)CCCN(C(=O)CC2CSCCN2)CC1. The van der Waals surface area contributed by atoms with Crippen LogP contribution in [0.1, 0.15) is 39.5 Å². The first kappa shape index (κ1) is 14.2. The van der Waals surface area contributed by atoms with E-state index >= 15 is 0 Å². The molecule has 4 heteroatoms. The van der Waals surface area contributed by atoms with Gasteiger partial charge in [0.25, 0.3) is 0 Å². The van der Waals surface area contributed by atoms with E-state index in [1.54, 1.807) is 0 Å². The van der Waals surface area contributed by atoms with Crippen molar-refractivity contribution in [2.45, 2.75) is 45.6 Å². The number of carbonyl (C=O) groups is 1. The van der Waals surface area contributed by atoms with Gasteiger partial charge < -0.3 is 10.2 Å². The molecule has 1 N–H and O–H groups in total. The molecule has 0 radical (unpaired) electrons. The molecule has 1 atom stereocenters. The summed E-state index contributed by atoms with van der Waals surface area (Å²) in [5.74, 6) is 2.63. The zero-order valence-corrected chi connectivity index (χ0v) is 12.5. The van der Waals surface area contributed by atoms with E-state index in [2.05, 4.69) is 24.1 Å². The van der Waals surface area contributed by atoms with E-state index in [4.69, 9.17) is 0 Å². The minimum Gasteiger partial charge on any atom is -0.343 e. The van der Waals surface area contributed by atoms with Crippen LogP contribution in [0.5, 0.6) is 0 Å². The predicted octanol–water partition coefficient (Wildman–Crippen LogP) is 2.12. The van der Waals surface area contributed by atoms with Crippen LogP contribution in [-0.4, -0.2) is 48.0 Å². The van der Waals surface area contributed by atoms with Crippen LogP contribution in [-0.2, 0) is 4.79 Å². The summed E-state index contributed by atoms with van der Waals surface area (Å²) in [6.45, 7) is 7.60. The average Bonchev–Trinajstić information content (AvgIpc) is 2.51. The first-order chi connectivity index (χ1) is 8.57. The van der Waals surface area contributed by atoms with Gasteiger partial charge in [0.05, 0.1) is 0 Å². The van der Waals surface area contributed by atoms with Crippen molar-refractivity contribution in [3.05, 3.63) is 0 Å². The molecular weight excluding hydrogens is 244 g/mol. The molecule has 104 valence electrons. The number of nitrogens with one attached hydrogen (secondary N) is 1. The molecule has 18 heavy (non-hydrogen) atoms. The summed E-state index contributed by atoms with van der Waals surface area (Å²) in [7, 11) is 0. The van der Waals surface area contributed by atoms with Crippen molar-refractivity contribution in [1.82, 2.24) is 10.2 Å². The van der Waals surface area contributed by atoms with Crippen molar-refractivity contribution in [3.8, 4) is 0 Å². The second kappa shape index (κ2) is 6.29. The zero-order chi connectivity index (χ0) is 13.0. The van der Waals surface area contributed by atoms with Gasteiger partial charge in [-0.25, -0.2) is 0 Å². The summed E-state index contributed by atoms with van der Waals surface area (Å²) in [5, 5.41) is 3.45. The lowest BCUT2D eigenvalue weighted by Gasteiger charge is -2.27. The summed E-state index contributed by atoms with van der Waals surface area (Å²) in [4.78, 5) is 14.4. The molecule has 2 saturated heterocycles. The highest BCUT2D eigenvalue weighted by Crippen LogP contribution is 2.30. The molecule has 0 aliphatic carbocycles. The van der Waals surface area contributed by atoms with Crippen molar-refractivity contribution in [3.63, 3.8) is 0 Å². The Morgan fingerprint density at radius 3 is 2.94 bits per heavy atom. The van der Waals surface area contributed by atoms with Crippen molar-refractivity contribution < 1.29 is 4.79 Å². The second-order valence-electron chi connectivity index (χ2n) is 6.33. The first-order valence-corrected chi connectivity index (χ1v) is 8.31. The Bertz CT molecular complexity index is 288. The largest absolute Gasteiger partial charge is 0.343 e. The van der Waals surface area contributed by atoms with Crippen LogP contribution in [0.3, 0.4) is 0 Å². The summed E-state index contributed by atoms with van der Waals surface area (Å²) in [5.41, 5.74) is 0.411. The van der Waals surface area contributed by atoms with Crippen LogP contribution < -0.4 is 5.32 Å². The fraction of sp³-hybridized carbons (Fsp3) is 0.929. The van der Waals surface area contributed by atoms with E-state index in [1.807, 2.05) is 11.8 Å². The number of hydrogen-bond acceptors (Lipinski definition) is 3. The maximum Gasteiger partial charge on any atom is 0.224 e. The molecule has 0 aromatic rings. The number of rotatable bonds is 2. The van der Waals surface area contributed by atoms with Gasteiger partial charge in [-0.05, 0) is 24.7 Å². The van der Waals surface area contributed by atoms with Gasteiger partial charge in [-0.1, -0.05) is 13.8 Å². The van der Waals surface area contributed by atoms with Gasteiger partial charge in [0.1, 0.15) is 0 Å². The van der Waals surface area contributed by atoms with Crippen LogP contribution >= 0.6 is 11.8 Å². The molecule has 0 saturated carbocycles. The molecule has 2 rings (SSSR count). The molecule has 2 fully saturated rings. The Morgan fingerprint density at radius 2 is 2.22 bits per heavy atom. The molecular formula is C14H26N2OS. The van der Waals surface area contributed by atoms with Crippen LogP contribution in [0.2, 0.25) is 0 Å². The molecule has 3 nitrogen and oxygen atoms in total. The van der Waals surface area contributed by atoms with Crippen LogP contribution in [0.15, 0.2) is 0 Å². The summed E-state index contributed by atoms with van der Waals surface area (Å²) in [6, 6.07) is 0.396. The van der Waals surface area contributed by atoms with E-state index in [1.165, 1.54) is 12.2 Å². The maximum absolute atomic E-state index is 12.3. The van der Waals surface area contributed by atoms with Crippen LogP contribution in [0.25, 0.3) is 0 Å². The van der Waals surface area contributed by atoms with Gasteiger partial charge in [-0.15, -0.1) is 0 Å². The Kier molecular flexibility index (Phi) is 4.96. The van der Waals surface area contributed by atoms with Gasteiger partial charge in [0.15, 0.2) is 0 Å². The number of hydrogen-bond donors (Lipinski definition) is 1. The summed E-state index contributed by atoms with van der Waals surface area (Å²) < 4.78 is 0. The average molecular weight is 270 g/mol. The number of nitrogens with zero attached hydrogens (tertiary/aromatic N) is 1. The maximum atomic E-state index is 12.3. The summed E-state index contributed by atoms with van der Waals surface area (Å²) in [6.07, 6.45) is 4.24. The van der Waals surface area contributed by atoms with E-state index in [0.717, 1.165) is 38.2 Å². The number of thioether (sulfide) groups is 1. The number of carbonyl (C=O) groups excluding carboxylic acids is 1.